The predicted molar refractivity (Wildman–Crippen MR) is 117 cm³/mol. The Labute approximate surface area is 202 Å². The number of hydrogen-bond donors (Lipinski definition) is 3. The van der Waals surface area contributed by atoms with Crippen LogP contribution in [0.2, 0.25) is 0 Å². The standard InChI is InChI=1S/C23H24F6N6O/c24-22(25,26)14-3-5-15(6-4-14)33-21-17(20(31)36)11-35(34-21)18-8-7-16(9-13(18)10-30)32-19(12-1-2-12)23(27,28)29/h3-6,11-13,16,18-19,32H,1-2,7-9H2,(H2,31,36)(H,33,34)/t13-,16+,18+,19+/m1/s1. The van der Waals surface area contributed by atoms with Crippen molar-refractivity contribution in [3.05, 3.63) is 41.6 Å². The van der Waals surface area contributed by atoms with Gasteiger partial charge in [0.1, 0.15) is 11.6 Å². The summed E-state index contributed by atoms with van der Waals surface area (Å²) in [7, 11) is 0. The largest absolute Gasteiger partial charge is 0.416 e. The lowest BCUT2D eigenvalue weighted by atomic mass is 9.82. The van der Waals surface area contributed by atoms with Crippen LogP contribution >= 0.6 is 0 Å². The molecule has 7 nitrogen and oxygen atoms in total. The number of nitrogens with zero attached hydrogens (tertiary/aromatic N) is 3. The van der Waals surface area contributed by atoms with Gasteiger partial charge in [-0.2, -0.15) is 36.7 Å². The van der Waals surface area contributed by atoms with E-state index >= 15 is 0 Å². The Balaban J connectivity index is 1.49. The van der Waals surface area contributed by atoms with E-state index in [2.05, 4.69) is 21.8 Å². The van der Waals surface area contributed by atoms with Gasteiger partial charge in [0, 0.05) is 17.9 Å². The van der Waals surface area contributed by atoms with Gasteiger partial charge in [-0.25, -0.2) is 0 Å². The zero-order valence-corrected chi connectivity index (χ0v) is 18.9. The van der Waals surface area contributed by atoms with Crippen LogP contribution in [0.1, 0.15) is 54.1 Å². The number of nitrogens with two attached hydrogens (primary N) is 1. The Kier molecular flexibility index (Phi) is 6.92. The minimum Gasteiger partial charge on any atom is -0.365 e. The summed E-state index contributed by atoms with van der Waals surface area (Å²) in [5.41, 5.74) is 4.81. The Hall–Kier alpha value is -3.27. The number of amides is 1. The predicted octanol–water partition coefficient (Wildman–Crippen LogP) is 4.91. The number of carbonyl (C=O) groups excluding carboxylic acids is 1. The minimum absolute atomic E-state index is 0.00469. The second-order valence-corrected chi connectivity index (χ2v) is 9.27. The molecule has 2 saturated carbocycles. The van der Waals surface area contributed by atoms with Crippen LogP contribution in [-0.4, -0.2) is 33.9 Å². The van der Waals surface area contributed by atoms with E-state index in [1.54, 1.807) is 0 Å². The Bertz CT molecular complexity index is 1130. The van der Waals surface area contributed by atoms with Gasteiger partial charge in [0.25, 0.3) is 5.91 Å². The molecule has 13 heteroatoms. The summed E-state index contributed by atoms with van der Waals surface area (Å²) in [6.45, 7) is 0. The molecule has 1 heterocycles. The van der Waals surface area contributed by atoms with E-state index in [-0.39, 0.29) is 23.5 Å². The molecule has 0 saturated heterocycles. The summed E-state index contributed by atoms with van der Waals surface area (Å²) in [4.78, 5) is 12.0. The van der Waals surface area contributed by atoms with Gasteiger partial charge < -0.3 is 16.4 Å². The van der Waals surface area contributed by atoms with Crippen molar-refractivity contribution < 1.29 is 31.1 Å². The van der Waals surface area contributed by atoms with Crippen molar-refractivity contribution >= 4 is 17.4 Å². The highest BCUT2D eigenvalue weighted by Gasteiger charge is 2.50. The number of primary amides is 1. The lowest BCUT2D eigenvalue weighted by Crippen LogP contribution is -2.50. The molecule has 1 aromatic heterocycles. The molecule has 0 bridgehead atoms. The van der Waals surface area contributed by atoms with Gasteiger partial charge >= 0.3 is 12.4 Å². The second kappa shape index (κ2) is 9.65. The van der Waals surface area contributed by atoms with Crippen LogP contribution in [0.25, 0.3) is 0 Å². The Morgan fingerprint density at radius 1 is 1.11 bits per heavy atom. The third-order valence-electron chi connectivity index (χ3n) is 6.65. The average Bonchev–Trinajstić information content (AvgIpc) is 3.55. The molecule has 36 heavy (non-hydrogen) atoms. The van der Waals surface area contributed by atoms with Crippen molar-refractivity contribution in [2.45, 2.75) is 62.6 Å². The number of nitrogens with one attached hydrogen (secondary N) is 2. The summed E-state index contributed by atoms with van der Waals surface area (Å²) >= 11 is 0. The minimum atomic E-state index is -4.50. The van der Waals surface area contributed by atoms with Gasteiger partial charge in [-0.05, 0) is 62.3 Å². The molecular formula is C23H24F6N6O. The first-order chi connectivity index (χ1) is 16.9. The fraction of sp³-hybridized carbons (Fsp3) is 0.522. The van der Waals surface area contributed by atoms with Gasteiger partial charge in [0.05, 0.1) is 23.6 Å². The molecule has 0 aliphatic heterocycles. The summed E-state index contributed by atoms with van der Waals surface area (Å²) < 4.78 is 80.1. The van der Waals surface area contributed by atoms with Crippen LogP contribution in [-0.2, 0) is 6.18 Å². The maximum absolute atomic E-state index is 13.4. The topological polar surface area (TPSA) is 109 Å². The number of hydrogen-bond acceptors (Lipinski definition) is 5. The molecule has 0 radical (unpaired) electrons. The van der Waals surface area contributed by atoms with Crippen LogP contribution in [0.4, 0.5) is 37.8 Å². The van der Waals surface area contributed by atoms with Crippen LogP contribution < -0.4 is 16.4 Å². The van der Waals surface area contributed by atoms with Crippen molar-refractivity contribution in [2.75, 3.05) is 5.32 Å². The van der Waals surface area contributed by atoms with E-state index in [0.717, 1.165) is 12.1 Å². The number of benzene rings is 1. The summed E-state index contributed by atoms with van der Waals surface area (Å²) in [6, 6.07) is 3.65. The summed E-state index contributed by atoms with van der Waals surface area (Å²) in [5.74, 6) is -1.95. The van der Waals surface area contributed by atoms with E-state index in [1.165, 1.54) is 23.0 Å². The average molecular weight is 514 g/mol. The van der Waals surface area contributed by atoms with Gasteiger partial charge in [-0.15, -0.1) is 0 Å². The van der Waals surface area contributed by atoms with Crippen LogP contribution in [0.5, 0.6) is 0 Å². The van der Waals surface area contributed by atoms with E-state index in [0.29, 0.717) is 25.7 Å². The van der Waals surface area contributed by atoms with E-state index in [4.69, 9.17) is 5.73 Å². The monoisotopic (exact) mass is 514 g/mol. The van der Waals surface area contributed by atoms with Gasteiger partial charge in [-0.1, -0.05) is 0 Å². The highest BCUT2D eigenvalue weighted by atomic mass is 19.4. The third kappa shape index (κ3) is 5.75. The zero-order chi connectivity index (χ0) is 26.3. The molecule has 2 aliphatic carbocycles. The number of halogens is 6. The molecule has 4 atom stereocenters. The highest BCUT2D eigenvalue weighted by molar-refractivity contribution is 5.98. The second-order valence-electron chi connectivity index (χ2n) is 9.27. The molecule has 4 rings (SSSR count). The van der Waals surface area contributed by atoms with Crippen molar-refractivity contribution in [3.63, 3.8) is 0 Å². The highest BCUT2D eigenvalue weighted by Crippen LogP contribution is 2.42. The van der Waals surface area contributed by atoms with Gasteiger partial charge in [-0.3, -0.25) is 9.48 Å². The number of anilines is 2. The summed E-state index contributed by atoms with van der Waals surface area (Å²) in [6.07, 6.45) is -5.60. The molecule has 2 fully saturated rings. The fourth-order valence-corrected chi connectivity index (χ4v) is 4.66. The van der Waals surface area contributed by atoms with Crippen molar-refractivity contribution in [3.8, 4) is 6.07 Å². The Morgan fingerprint density at radius 3 is 2.31 bits per heavy atom. The normalized spacial score (nSPS) is 23.6. The van der Waals surface area contributed by atoms with Crippen LogP contribution in [0.15, 0.2) is 30.5 Å². The molecule has 4 N–H and O–H groups in total. The smallest absolute Gasteiger partial charge is 0.365 e. The molecule has 0 spiro atoms. The molecule has 0 unspecified atom stereocenters. The number of carbonyl (C=O) groups is 1. The third-order valence-corrected chi connectivity index (χ3v) is 6.65. The lowest BCUT2D eigenvalue weighted by molar-refractivity contribution is -0.163. The van der Waals surface area contributed by atoms with Crippen LogP contribution in [0, 0.1) is 23.2 Å². The molecule has 194 valence electrons. The first-order valence-corrected chi connectivity index (χ1v) is 11.4. The SMILES string of the molecule is N#C[C@H]1C[C@@H](N[C@@H](C2CC2)C(F)(F)F)CC[C@@H]1n1cc(C(N)=O)c(Nc2ccc(C(F)(F)F)cc2)n1. The molecule has 2 aliphatic rings. The van der Waals surface area contributed by atoms with Crippen molar-refractivity contribution in [1.29, 1.82) is 5.26 Å². The van der Waals surface area contributed by atoms with Crippen LogP contribution in [0.3, 0.4) is 0 Å². The maximum atomic E-state index is 13.4. The molecule has 1 amide bonds. The lowest BCUT2D eigenvalue weighted by Gasteiger charge is -2.35. The van der Waals surface area contributed by atoms with E-state index in [1.807, 2.05) is 0 Å². The van der Waals surface area contributed by atoms with Gasteiger partial charge in [0.2, 0.25) is 0 Å². The first-order valence-electron chi connectivity index (χ1n) is 11.4. The van der Waals surface area contributed by atoms with Crippen molar-refractivity contribution in [1.82, 2.24) is 15.1 Å². The molecule has 1 aromatic carbocycles. The van der Waals surface area contributed by atoms with E-state index in [9.17, 15) is 36.4 Å². The quantitative estimate of drug-likeness (QED) is 0.455. The number of alkyl halides is 6. The van der Waals surface area contributed by atoms with Crippen molar-refractivity contribution in [2.24, 2.45) is 17.6 Å². The Morgan fingerprint density at radius 2 is 1.78 bits per heavy atom. The maximum Gasteiger partial charge on any atom is 0.416 e. The fourth-order valence-electron chi connectivity index (χ4n) is 4.66. The number of rotatable bonds is 7. The zero-order valence-electron chi connectivity index (χ0n) is 18.9. The van der Waals surface area contributed by atoms with Gasteiger partial charge in [0.15, 0.2) is 5.82 Å². The van der Waals surface area contributed by atoms with E-state index < -0.39 is 53.8 Å². The molecular weight excluding hydrogens is 490 g/mol. The number of nitriles is 1. The first kappa shape index (κ1) is 25.8. The number of aromatic nitrogens is 2. The molecule has 2 aromatic rings. The summed E-state index contributed by atoms with van der Waals surface area (Å²) in [5, 5.41) is 19.5.